The summed E-state index contributed by atoms with van der Waals surface area (Å²) < 4.78 is 23.4. The summed E-state index contributed by atoms with van der Waals surface area (Å²) in [5.41, 5.74) is 1.19. The molecule has 1 N–H and O–H groups in total. The van der Waals surface area contributed by atoms with E-state index in [1.165, 1.54) is 11.8 Å². The summed E-state index contributed by atoms with van der Waals surface area (Å²) in [6.45, 7) is 2.08. The fraction of sp³-hybridized carbons (Fsp3) is 0.714. The van der Waals surface area contributed by atoms with Crippen molar-refractivity contribution in [2.24, 2.45) is 5.92 Å². The lowest BCUT2D eigenvalue weighted by Gasteiger charge is -2.31. The van der Waals surface area contributed by atoms with Gasteiger partial charge < -0.3 is 5.11 Å². The lowest BCUT2D eigenvalue weighted by atomic mass is 9.83. The molecule has 1 saturated carbocycles. The molecule has 0 aliphatic heterocycles. The first-order valence-electron chi connectivity index (χ1n) is 6.86. The number of sulfone groups is 1. The van der Waals surface area contributed by atoms with E-state index in [1.54, 1.807) is 11.3 Å². The van der Waals surface area contributed by atoms with Crippen LogP contribution in [0.1, 0.15) is 49.2 Å². The van der Waals surface area contributed by atoms with Crippen molar-refractivity contribution in [2.45, 2.75) is 50.4 Å². The van der Waals surface area contributed by atoms with Gasteiger partial charge in [-0.15, -0.1) is 11.3 Å². The van der Waals surface area contributed by atoms with Crippen molar-refractivity contribution in [3.8, 4) is 0 Å². The van der Waals surface area contributed by atoms with Crippen LogP contribution in [0.4, 0.5) is 0 Å². The molecule has 1 aliphatic carbocycles. The average molecular weight is 302 g/mol. The van der Waals surface area contributed by atoms with Gasteiger partial charge in [0.25, 0.3) is 0 Å². The maximum absolute atomic E-state index is 11.7. The van der Waals surface area contributed by atoms with E-state index in [0.29, 0.717) is 6.42 Å². The van der Waals surface area contributed by atoms with Crippen LogP contribution in [0, 0.1) is 5.92 Å². The Morgan fingerprint density at radius 2 is 2.21 bits per heavy atom. The number of thiophene rings is 1. The molecule has 3 atom stereocenters. The van der Waals surface area contributed by atoms with Crippen molar-refractivity contribution in [3.63, 3.8) is 0 Å². The van der Waals surface area contributed by atoms with Crippen molar-refractivity contribution < 1.29 is 13.5 Å². The monoisotopic (exact) mass is 302 g/mol. The normalized spacial score (nSPS) is 26.3. The van der Waals surface area contributed by atoms with Gasteiger partial charge in [-0.3, -0.25) is 0 Å². The smallest absolute Gasteiger partial charge is 0.150 e. The molecule has 0 saturated heterocycles. The maximum Gasteiger partial charge on any atom is 0.150 e. The van der Waals surface area contributed by atoms with Crippen LogP contribution in [0.3, 0.4) is 0 Å². The molecule has 1 aromatic heterocycles. The molecule has 5 heteroatoms. The van der Waals surface area contributed by atoms with Crippen LogP contribution in [0.2, 0.25) is 0 Å². The second kappa shape index (κ2) is 5.94. The van der Waals surface area contributed by atoms with Crippen molar-refractivity contribution >= 4 is 21.2 Å². The van der Waals surface area contributed by atoms with Gasteiger partial charge in [0.15, 0.2) is 0 Å². The number of aliphatic hydroxyl groups is 1. The second-order valence-electron chi connectivity index (χ2n) is 5.49. The standard InChI is InChI=1S/C14H22O3S2/c1-3-10-7-8-18-14(10)13(15)11-5-4-6-12(9-11)19(2,16)17/h7-8,11-13,15H,3-6,9H2,1-2H3. The minimum Gasteiger partial charge on any atom is -0.387 e. The highest BCUT2D eigenvalue weighted by molar-refractivity contribution is 7.91. The van der Waals surface area contributed by atoms with Crippen LogP contribution >= 0.6 is 11.3 Å². The van der Waals surface area contributed by atoms with Gasteiger partial charge in [0.1, 0.15) is 9.84 Å². The molecule has 0 spiro atoms. The highest BCUT2D eigenvalue weighted by Gasteiger charge is 2.33. The van der Waals surface area contributed by atoms with Gasteiger partial charge in [-0.25, -0.2) is 8.42 Å². The summed E-state index contributed by atoms with van der Waals surface area (Å²) in [7, 11) is -2.98. The Bertz CT molecular complexity index is 519. The summed E-state index contributed by atoms with van der Waals surface area (Å²) in [6.07, 6.45) is 4.89. The fourth-order valence-corrected chi connectivity index (χ4v) is 5.24. The number of aliphatic hydroxyl groups excluding tert-OH is 1. The third-order valence-corrected chi connectivity index (χ3v) is 6.82. The van der Waals surface area contributed by atoms with E-state index in [9.17, 15) is 13.5 Å². The molecule has 1 aromatic rings. The summed E-state index contributed by atoms with van der Waals surface area (Å²) in [4.78, 5) is 1.03. The maximum atomic E-state index is 11.7. The van der Waals surface area contributed by atoms with Crippen LogP contribution in [0.5, 0.6) is 0 Å². The molecule has 1 aliphatic rings. The molecule has 2 rings (SSSR count). The minimum absolute atomic E-state index is 0.0809. The van der Waals surface area contributed by atoms with E-state index in [2.05, 4.69) is 13.0 Å². The molecular weight excluding hydrogens is 280 g/mol. The van der Waals surface area contributed by atoms with E-state index in [0.717, 1.165) is 30.6 Å². The Hall–Kier alpha value is -0.390. The Morgan fingerprint density at radius 3 is 2.84 bits per heavy atom. The molecule has 3 unspecified atom stereocenters. The van der Waals surface area contributed by atoms with Crippen molar-refractivity contribution in [2.75, 3.05) is 6.26 Å². The summed E-state index contributed by atoms with van der Waals surface area (Å²) >= 11 is 1.59. The number of aryl methyl sites for hydroxylation is 1. The SMILES string of the molecule is CCc1ccsc1C(O)C1CCCC(S(C)(=O)=O)C1. The fourth-order valence-electron chi connectivity index (χ4n) is 2.97. The first-order chi connectivity index (χ1) is 8.93. The van der Waals surface area contributed by atoms with Crippen LogP contribution < -0.4 is 0 Å². The van der Waals surface area contributed by atoms with Gasteiger partial charge in [0, 0.05) is 11.1 Å². The van der Waals surface area contributed by atoms with Gasteiger partial charge in [0.2, 0.25) is 0 Å². The lowest BCUT2D eigenvalue weighted by Crippen LogP contribution is -2.30. The van der Waals surface area contributed by atoms with Gasteiger partial charge in [-0.1, -0.05) is 13.3 Å². The van der Waals surface area contributed by atoms with Gasteiger partial charge in [-0.2, -0.15) is 0 Å². The first kappa shape index (κ1) is 15.0. The third-order valence-electron chi connectivity index (χ3n) is 4.15. The van der Waals surface area contributed by atoms with Crippen LogP contribution in [-0.4, -0.2) is 25.0 Å². The van der Waals surface area contributed by atoms with E-state index >= 15 is 0 Å². The number of rotatable bonds is 4. The van der Waals surface area contributed by atoms with Crippen molar-refractivity contribution in [3.05, 3.63) is 21.9 Å². The van der Waals surface area contributed by atoms with E-state index in [1.807, 2.05) is 5.38 Å². The zero-order chi connectivity index (χ0) is 14.0. The van der Waals surface area contributed by atoms with Gasteiger partial charge in [0.05, 0.1) is 11.4 Å². The Balaban J connectivity index is 2.13. The molecule has 0 amide bonds. The minimum atomic E-state index is -2.98. The molecule has 3 nitrogen and oxygen atoms in total. The molecule has 0 radical (unpaired) electrons. The highest BCUT2D eigenvalue weighted by Crippen LogP contribution is 2.39. The van der Waals surface area contributed by atoms with Crippen LogP contribution in [0.25, 0.3) is 0 Å². The topological polar surface area (TPSA) is 54.4 Å². The van der Waals surface area contributed by atoms with Crippen molar-refractivity contribution in [1.82, 2.24) is 0 Å². The van der Waals surface area contributed by atoms with E-state index in [-0.39, 0.29) is 11.2 Å². The molecule has 0 bridgehead atoms. The average Bonchev–Trinajstić information content (AvgIpc) is 2.85. The molecule has 0 aromatic carbocycles. The van der Waals surface area contributed by atoms with E-state index < -0.39 is 15.9 Å². The van der Waals surface area contributed by atoms with Crippen LogP contribution in [-0.2, 0) is 16.3 Å². The van der Waals surface area contributed by atoms with Gasteiger partial charge >= 0.3 is 0 Å². The predicted octanol–water partition coefficient (Wildman–Crippen LogP) is 2.95. The second-order valence-corrected chi connectivity index (χ2v) is 8.76. The summed E-state index contributed by atoms with van der Waals surface area (Å²) in [5.74, 6) is 0.0809. The quantitative estimate of drug-likeness (QED) is 0.930. The van der Waals surface area contributed by atoms with Gasteiger partial charge in [-0.05, 0) is 48.6 Å². The Labute approximate surface area is 119 Å². The largest absolute Gasteiger partial charge is 0.387 e. The lowest BCUT2D eigenvalue weighted by molar-refractivity contribution is 0.0881. The zero-order valence-electron chi connectivity index (χ0n) is 11.5. The predicted molar refractivity (Wildman–Crippen MR) is 79.2 cm³/mol. The third kappa shape index (κ3) is 3.38. The highest BCUT2D eigenvalue weighted by atomic mass is 32.2. The number of hydrogen-bond donors (Lipinski definition) is 1. The van der Waals surface area contributed by atoms with Crippen molar-refractivity contribution in [1.29, 1.82) is 0 Å². The first-order valence-corrected chi connectivity index (χ1v) is 9.70. The molecule has 19 heavy (non-hydrogen) atoms. The zero-order valence-corrected chi connectivity index (χ0v) is 13.1. The molecule has 1 fully saturated rings. The molecule has 108 valence electrons. The molecule has 1 heterocycles. The Morgan fingerprint density at radius 1 is 1.47 bits per heavy atom. The summed E-state index contributed by atoms with van der Waals surface area (Å²) in [6, 6.07) is 2.06. The van der Waals surface area contributed by atoms with Crippen LogP contribution in [0.15, 0.2) is 11.4 Å². The number of hydrogen-bond acceptors (Lipinski definition) is 4. The summed E-state index contributed by atoms with van der Waals surface area (Å²) in [5, 5.41) is 12.3. The van der Waals surface area contributed by atoms with E-state index in [4.69, 9.17) is 0 Å². The molecular formula is C14H22O3S2. The Kier molecular flexibility index (Phi) is 4.69.